The third-order valence-corrected chi connectivity index (χ3v) is 3.66. The lowest BCUT2D eigenvalue weighted by Crippen LogP contribution is -2.12. The Morgan fingerprint density at radius 2 is 1.95 bits per heavy atom. The maximum atomic E-state index is 12.0. The van der Waals surface area contributed by atoms with Gasteiger partial charge in [-0.15, -0.1) is 0 Å². The van der Waals surface area contributed by atoms with E-state index in [4.69, 9.17) is 16.0 Å². The van der Waals surface area contributed by atoms with Crippen LogP contribution in [-0.4, -0.2) is 11.7 Å². The Labute approximate surface area is 134 Å². The monoisotopic (exact) mass is 319 g/mol. The number of amides is 1. The van der Waals surface area contributed by atoms with Crippen molar-refractivity contribution in [2.45, 2.75) is 33.6 Å². The fraction of sp³-hybridized carbons (Fsp3) is 0.294. The predicted octanol–water partition coefficient (Wildman–Crippen LogP) is 4.32. The fourth-order valence-electron chi connectivity index (χ4n) is 2.19. The summed E-state index contributed by atoms with van der Waals surface area (Å²) in [6.45, 7) is 5.17. The van der Waals surface area contributed by atoms with Gasteiger partial charge in [0.15, 0.2) is 5.78 Å². The van der Waals surface area contributed by atoms with Crippen LogP contribution in [0.3, 0.4) is 0 Å². The van der Waals surface area contributed by atoms with E-state index in [1.165, 1.54) is 6.92 Å². The number of aryl methyl sites for hydroxylation is 3. The second-order valence-corrected chi connectivity index (χ2v) is 5.68. The number of carbonyl (C=O) groups is 2. The van der Waals surface area contributed by atoms with Gasteiger partial charge in [0.05, 0.1) is 16.3 Å². The van der Waals surface area contributed by atoms with E-state index in [1.807, 2.05) is 13.0 Å². The standard InChI is InChI=1S/C17H18ClNO3/c1-10-4-6-16(15(18)8-10)19-17(21)7-5-13-9-14(11(2)20)12(3)22-13/h4,6,8-9H,5,7H2,1-3H3,(H,19,21). The molecule has 0 bridgehead atoms. The molecule has 2 rings (SSSR count). The van der Waals surface area contributed by atoms with Crippen molar-refractivity contribution >= 4 is 29.0 Å². The van der Waals surface area contributed by atoms with Crippen molar-refractivity contribution in [1.82, 2.24) is 0 Å². The van der Waals surface area contributed by atoms with Crippen molar-refractivity contribution in [2.75, 3.05) is 5.32 Å². The first-order valence-electron chi connectivity index (χ1n) is 7.03. The Kier molecular flexibility index (Phi) is 5.03. The Balaban J connectivity index is 1.95. The highest BCUT2D eigenvalue weighted by molar-refractivity contribution is 6.33. The minimum absolute atomic E-state index is 0.0385. The van der Waals surface area contributed by atoms with Gasteiger partial charge in [-0.2, -0.15) is 0 Å². The lowest BCUT2D eigenvalue weighted by atomic mass is 10.1. The number of hydrogen-bond acceptors (Lipinski definition) is 3. The average Bonchev–Trinajstić information content (AvgIpc) is 2.81. The predicted molar refractivity (Wildman–Crippen MR) is 86.6 cm³/mol. The van der Waals surface area contributed by atoms with E-state index in [2.05, 4.69) is 5.32 Å². The zero-order valence-electron chi connectivity index (χ0n) is 12.8. The first-order chi connectivity index (χ1) is 10.4. The summed E-state index contributed by atoms with van der Waals surface area (Å²) >= 11 is 6.08. The molecular formula is C17H18ClNO3. The molecule has 0 aliphatic heterocycles. The maximum Gasteiger partial charge on any atom is 0.224 e. The second-order valence-electron chi connectivity index (χ2n) is 5.27. The highest BCUT2D eigenvalue weighted by Gasteiger charge is 2.13. The van der Waals surface area contributed by atoms with Crippen LogP contribution < -0.4 is 5.32 Å². The number of Topliss-reactive ketones (excluding diaryl/α,β-unsaturated/α-hetero) is 1. The molecule has 0 saturated heterocycles. The number of ketones is 1. The van der Waals surface area contributed by atoms with Gasteiger partial charge >= 0.3 is 0 Å². The minimum Gasteiger partial charge on any atom is -0.466 e. The lowest BCUT2D eigenvalue weighted by Gasteiger charge is -2.07. The molecule has 5 heteroatoms. The summed E-state index contributed by atoms with van der Waals surface area (Å²) in [6, 6.07) is 7.16. The van der Waals surface area contributed by atoms with Gasteiger partial charge in [-0.1, -0.05) is 17.7 Å². The Morgan fingerprint density at radius 1 is 1.23 bits per heavy atom. The SMILES string of the molecule is CC(=O)c1cc(CCC(=O)Nc2ccc(C)cc2Cl)oc1C. The molecule has 0 saturated carbocycles. The number of anilines is 1. The van der Waals surface area contributed by atoms with Crippen LogP contribution in [0.15, 0.2) is 28.7 Å². The van der Waals surface area contributed by atoms with E-state index < -0.39 is 0 Å². The Morgan fingerprint density at radius 3 is 2.55 bits per heavy atom. The molecule has 0 radical (unpaired) electrons. The van der Waals surface area contributed by atoms with Gasteiger partial charge in [-0.05, 0) is 44.5 Å². The van der Waals surface area contributed by atoms with Crippen molar-refractivity contribution in [1.29, 1.82) is 0 Å². The summed E-state index contributed by atoms with van der Waals surface area (Å²) in [6.07, 6.45) is 0.692. The number of halogens is 1. The van der Waals surface area contributed by atoms with E-state index in [-0.39, 0.29) is 18.1 Å². The Hall–Kier alpha value is -2.07. The van der Waals surface area contributed by atoms with Crippen molar-refractivity contribution < 1.29 is 14.0 Å². The molecule has 4 nitrogen and oxygen atoms in total. The number of furan rings is 1. The van der Waals surface area contributed by atoms with Crippen molar-refractivity contribution in [3.8, 4) is 0 Å². The zero-order chi connectivity index (χ0) is 16.3. The molecule has 0 atom stereocenters. The van der Waals surface area contributed by atoms with E-state index in [0.717, 1.165) is 5.56 Å². The van der Waals surface area contributed by atoms with E-state index >= 15 is 0 Å². The van der Waals surface area contributed by atoms with Crippen molar-refractivity contribution in [3.05, 3.63) is 51.9 Å². The summed E-state index contributed by atoms with van der Waals surface area (Å²) in [5, 5.41) is 3.29. The van der Waals surface area contributed by atoms with Crippen LogP contribution in [0.1, 0.15) is 40.8 Å². The largest absolute Gasteiger partial charge is 0.466 e. The van der Waals surface area contributed by atoms with E-state index in [0.29, 0.717) is 34.2 Å². The van der Waals surface area contributed by atoms with Gasteiger partial charge in [0.1, 0.15) is 11.5 Å². The molecule has 1 N–H and O–H groups in total. The highest BCUT2D eigenvalue weighted by Crippen LogP contribution is 2.23. The molecule has 0 aliphatic rings. The normalized spacial score (nSPS) is 10.5. The molecular weight excluding hydrogens is 302 g/mol. The summed E-state index contributed by atoms with van der Waals surface area (Å²) < 4.78 is 5.49. The third-order valence-electron chi connectivity index (χ3n) is 3.35. The first kappa shape index (κ1) is 16.3. The summed E-state index contributed by atoms with van der Waals surface area (Å²) in [4.78, 5) is 23.3. The quantitative estimate of drug-likeness (QED) is 0.835. The molecule has 116 valence electrons. The molecule has 2 aromatic rings. The lowest BCUT2D eigenvalue weighted by molar-refractivity contribution is -0.116. The molecule has 0 aliphatic carbocycles. The molecule has 0 spiro atoms. The third kappa shape index (κ3) is 3.98. The number of rotatable bonds is 5. The van der Waals surface area contributed by atoms with Crippen LogP contribution >= 0.6 is 11.6 Å². The average molecular weight is 320 g/mol. The fourth-order valence-corrected chi connectivity index (χ4v) is 2.47. The maximum absolute atomic E-state index is 12.0. The first-order valence-corrected chi connectivity index (χ1v) is 7.41. The van der Waals surface area contributed by atoms with Crippen LogP contribution in [0.2, 0.25) is 5.02 Å². The van der Waals surface area contributed by atoms with Crippen molar-refractivity contribution in [2.24, 2.45) is 0 Å². The van der Waals surface area contributed by atoms with Gasteiger partial charge in [0.2, 0.25) is 5.91 Å². The number of benzene rings is 1. The summed E-state index contributed by atoms with van der Waals surface area (Å²) in [5.74, 6) is 1.03. The van der Waals surface area contributed by atoms with Gasteiger partial charge < -0.3 is 9.73 Å². The smallest absolute Gasteiger partial charge is 0.224 e. The molecule has 1 aromatic carbocycles. The molecule has 1 heterocycles. The Bertz CT molecular complexity index is 719. The van der Waals surface area contributed by atoms with E-state index in [1.54, 1.807) is 25.1 Å². The number of carbonyl (C=O) groups excluding carboxylic acids is 2. The van der Waals surface area contributed by atoms with Gasteiger partial charge in [-0.25, -0.2) is 0 Å². The number of nitrogens with one attached hydrogen (secondary N) is 1. The summed E-state index contributed by atoms with van der Waals surface area (Å²) in [7, 11) is 0. The minimum atomic E-state index is -0.149. The van der Waals surface area contributed by atoms with Crippen LogP contribution in [0, 0.1) is 13.8 Å². The van der Waals surface area contributed by atoms with Gasteiger partial charge in [0, 0.05) is 12.8 Å². The zero-order valence-corrected chi connectivity index (χ0v) is 13.6. The van der Waals surface area contributed by atoms with Gasteiger partial charge in [0.25, 0.3) is 0 Å². The second kappa shape index (κ2) is 6.79. The van der Waals surface area contributed by atoms with E-state index in [9.17, 15) is 9.59 Å². The van der Waals surface area contributed by atoms with Gasteiger partial charge in [-0.3, -0.25) is 9.59 Å². The number of hydrogen-bond donors (Lipinski definition) is 1. The van der Waals surface area contributed by atoms with Crippen LogP contribution in [-0.2, 0) is 11.2 Å². The van der Waals surface area contributed by atoms with Crippen LogP contribution in [0.4, 0.5) is 5.69 Å². The molecule has 1 aromatic heterocycles. The molecule has 0 unspecified atom stereocenters. The highest BCUT2D eigenvalue weighted by atomic mass is 35.5. The molecule has 1 amide bonds. The molecule has 22 heavy (non-hydrogen) atoms. The summed E-state index contributed by atoms with van der Waals surface area (Å²) in [5.41, 5.74) is 2.19. The topological polar surface area (TPSA) is 59.3 Å². The van der Waals surface area contributed by atoms with Crippen molar-refractivity contribution in [3.63, 3.8) is 0 Å². The van der Waals surface area contributed by atoms with Crippen LogP contribution in [0.25, 0.3) is 0 Å². The molecule has 0 fully saturated rings. The van der Waals surface area contributed by atoms with Crippen LogP contribution in [0.5, 0.6) is 0 Å².